The van der Waals surface area contributed by atoms with E-state index in [-0.39, 0.29) is 0 Å². The summed E-state index contributed by atoms with van der Waals surface area (Å²) in [7, 11) is 0. The third-order valence-corrected chi connectivity index (χ3v) is 2.74. The van der Waals surface area contributed by atoms with Crippen molar-refractivity contribution < 1.29 is 17.6 Å². The van der Waals surface area contributed by atoms with Gasteiger partial charge in [-0.15, -0.1) is 0 Å². The molecule has 0 N–H and O–H groups in total. The first-order valence-corrected chi connectivity index (χ1v) is 5.60. The number of hydrogen-bond donors (Lipinski definition) is 0. The van der Waals surface area contributed by atoms with E-state index in [2.05, 4.69) is 5.10 Å². The number of alkyl halides is 3. The predicted molar refractivity (Wildman–Crippen MR) is 63.5 cm³/mol. The molecule has 6 heteroatoms. The summed E-state index contributed by atoms with van der Waals surface area (Å²) in [5.74, 6) is 0. The van der Waals surface area contributed by atoms with Crippen LogP contribution < -0.4 is 0 Å². The number of halogens is 3. The summed E-state index contributed by atoms with van der Waals surface area (Å²) < 4.78 is 43.0. The van der Waals surface area contributed by atoms with Crippen molar-refractivity contribution in [2.45, 2.75) is 12.7 Å². The topological polar surface area (TPSA) is 31.0 Å². The first kappa shape index (κ1) is 11.8. The Morgan fingerprint density at radius 1 is 1.16 bits per heavy atom. The molecule has 0 saturated carbocycles. The van der Waals surface area contributed by atoms with Gasteiger partial charge in [0.25, 0.3) is 0 Å². The van der Waals surface area contributed by atoms with E-state index in [0.717, 1.165) is 10.1 Å². The van der Waals surface area contributed by atoms with Crippen LogP contribution in [-0.2, 0) is 6.54 Å². The van der Waals surface area contributed by atoms with Crippen LogP contribution in [0.25, 0.3) is 22.2 Å². The van der Waals surface area contributed by atoms with Crippen LogP contribution in [0.2, 0.25) is 0 Å². The van der Waals surface area contributed by atoms with Gasteiger partial charge in [0, 0.05) is 17.1 Å². The molecule has 2 aromatic heterocycles. The van der Waals surface area contributed by atoms with Gasteiger partial charge in [-0.25, -0.2) is 0 Å². The highest BCUT2D eigenvalue weighted by Crippen LogP contribution is 2.29. The first-order chi connectivity index (χ1) is 9.03. The molecular weight excluding hydrogens is 257 g/mol. The quantitative estimate of drug-likeness (QED) is 0.705. The summed E-state index contributed by atoms with van der Waals surface area (Å²) in [6.45, 7) is -1.09. The number of rotatable bonds is 2. The Labute approximate surface area is 106 Å². The van der Waals surface area contributed by atoms with Gasteiger partial charge in [0.05, 0.1) is 5.69 Å². The lowest BCUT2D eigenvalue weighted by Gasteiger charge is -2.05. The van der Waals surface area contributed by atoms with Crippen LogP contribution in [0.15, 0.2) is 47.2 Å². The van der Waals surface area contributed by atoms with Gasteiger partial charge in [-0.3, -0.25) is 4.68 Å². The van der Waals surface area contributed by atoms with E-state index in [1.165, 1.54) is 12.5 Å². The smallest absolute Gasteiger partial charge is 0.408 e. The zero-order valence-corrected chi connectivity index (χ0v) is 9.69. The van der Waals surface area contributed by atoms with Crippen LogP contribution in [0.4, 0.5) is 13.2 Å². The number of para-hydroxylation sites is 1. The average Bonchev–Trinajstić information content (AvgIpc) is 2.92. The van der Waals surface area contributed by atoms with E-state index >= 15 is 0 Å². The highest BCUT2D eigenvalue weighted by Gasteiger charge is 2.28. The second kappa shape index (κ2) is 4.15. The number of hydrogen-bond acceptors (Lipinski definition) is 2. The minimum absolute atomic E-state index is 0.467. The van der Waals surface area contributed by atoms with Crippen LogP contribution in [0.3, 0.4) is 0 Å². The van der Waals surface area contributed by atoms with Crippen molar-refractivity contribution in [3.05, 3.63) is 42.8 Å². The predicted octanol–water partition coefficient (Wildman–Crippen LogP) is 3.86. The molecule has 0 radical (unpaired) electrons. The van der Waals surface area contributed by atoms with E-state index in [9.17, 15) is 13.2 Å². The van der Waals surface area contributed by atoms with E-state index in [0.29, 0.717) is 16.8 Å². The molecule has 1 aromatic carbocycles. The molecular formula is C13H9F3N2O. The lowest BCUT2D eigenvalue weighted by molar-refractivity contribution is -0.142. The Morgan fingerprint density at radius 3 is 2.74 bits per heavy atom. The second-order valence-corrected chi connectivity index (χ2v) is 4.16. The summed E-state index contributed by atoms with van der Waals surface area (Å²) in [4.78, 5) is 0. The van der Waals surface area contributed by atoms with Gasteiger partial charge in [0.1, 0.15) is 18.4 Å². The maximum absolute atomic E-state index is 12.3. The molecule has 0 saturated heterocycles. The number of benzene rings is 1. The number of furan rings is 1. The van der Waals surface area contributed by atoms with Crippen molar-refractivity contribution in [1.82, 2.24) is 9.78 Å². The molecule has 0 spiro atoms. The van der Waals surface area contributed by atoms with E-state index in [1.807, 2.05) is 18.2 Å². The van der Waals surface area contributed by atoms with Crippen molar-refractivity contribution in [2.24, 2.45) is 0 Å². The summed E-state index contributed by atoms with van der Waals surface area (Å²) in [6, 6.07) is 8.86. The van der Waals surface area contributed by atoms with Crippen molar-refractivity contribution in [2.75, 3.05) is 0 Å². The van der Waals surface area contributed by atoms with Gasteiger partial charge in [-0.05, 0) is 12.1 Å². The molecule has 0 aliphatic carbocycles. The molecule has 3 rings (SSSR count). The summed E-state index contributed by atoms with van der Waals surface area (Å²) in [5.41, 5.74) is 1.84. The van der Waals surface area contributed by atoms with Crippen LogP contribution in [-0.4, -0.2) is 16.0 Å². The molecule has 0 bridgehead atoms. The summed E-state index contributed by atoms with van der Waals surface area (Å²) in [5, 5.41) is 4.76. The standard InChI is InChI=1S/C13H9F3N2O/c14-13(15,16)8-18-6-5-11(17-18)10-7-19-12-4-2-1-3-9(10)12/h1-7H,8H2. The number of fused-ring (bicyclic) bond motifs is 1. The maximum atomic E-state index is 12.3. The lowest BCUT2D eigenvalue weighted by atomic mass is 10.1. The second-order valence-electron chi connectivity index (χ2n) is 4.16. The third-order valence-electron chi connectivity index (χ3n) is 2.74. The molecule has 0 atom stereocenters. The van der Waals surface area contributed by atoms with Gasteiger partial charge in [0.2, 0.25) is 0 Å². The highest BCUT2D eigenvalue weighted by molar-refractivity contribution is 5.92. The molecule has 3 aromatic rings. The Bertz CT molecular complexity index is 712. The fourth-order valence-corrected chi connectivity index (χ4v) is 1.95. The molecule has 0 amide bonds. The summed E-state index contributed by atoms with van der Waals surface area (Å²) in [6.07, 6.45) is -1.46. The summed E-state index contributed by atoms with van der Waals surface area (Å²) >= 11 is 0. The Kier molecular flexibility index (Phi) is 2.58. The minimum Gasteiger partial charge on any atom is -0.464 e. The van der Waals surface area contributed by atoms with Crippen molar-refractivity contribution in [3.8, 4) is 11.3 Å². The van der Waals surface area contributed by atoms with Crippen LogP contribution in [0, 0.1) is 0 Å². The number of nitrogens with zero attached hydrogens (tertiary/aromatic N) is 2. The molecule has 0 aliphatic heterocycles. The maximum Gasteiger partial charge on any atom is 0.408 e. The fraction of sp³-hybridized carbons (Fsp3) is 0.154. The molecule has 2 heterocycles. The molecule has 0 unspecified atom stereocenters. The van der Waals surface area contributed by atoms with Crippen molar-refractivity contribution >= 4 is 11.0 Å². The van der Waals surface area contributed by atoms with Gasteiger partial charge in [-0.2, -0.15) is 18.3 Å². The molecule has 19 heavy (non-hydrogen) atoms. The zero-order valence-electron chi connectivity index (χ0n) is 9.69. The van der Waals surface area contributed by atoms with Gasteiger partial charge in [-0.1, -0.05) is 18.2 Å². The van der Waals surface area contributed by atoms with E-state index < -0.39 is 12.7 Å². The van der Waals surface area contributed by atoms with E-state index in [4.69, 9.17) is 4.42 Å². The van der Waals surface area contributed by atoms with Gasteiger partial charge >= 0.3 is 6.18 Å². The largest absolute Gasteiger partial charge is 0.464 e. The lowest BCUT2D eigenvalue weighted by Crippen LogP contribution is -2.17. The van der Waals surface area contributed by atoms with Crippen molar-refractivity contribution in [3.63, 3.8) is 0 Å². The third kappa shape index (κ3) is 2.33. The zero-order chi connectivity index (χ0) is 13.5. The van der Waals surface area contributed by atoms with Gasteiger partial charge in [0.15, 0.2) is 0 Å². The van der Waals surface area contributed by atoms with Crippen LogP contribution in [0.5, 0.6) is 0 Å². The van der Waals surface area contributed by atoms with E-state index in [1.54, 1.807) is 12.1 Å². The Morgan fingerprint density at radius 2 is 1.95 bits per heavy atom. The Balaban J connectivity index is 1.99. The van der Waals surface area contributed by atoms with Crippen LogP contribution >= 0.6 is 0 Å². The molecule has 98 valence electrons. The average molecular weight is 266 g/mol. The fourth-order valence-electron chi connectivity index (χ4n) is 1.95. The normalized spacial score (nSPS) is 12.2. The minimum atomic E-state index is -4.28. The van der Waals surface area contributed by atoms with Gasteiger partial charge < -0.3 is 4.42 Å². The van der Waals surface area contributed by atoms with Crippen LogP contribution in [0.1, 0.15) is 0 Å². The molecule has 0 fully saturated rings. The Hall–Kier alpha value is -2.24. The molecule has 3 nitrogen and oxygen atoms in total. The SMILES string of the molecule is FC(F)(F)Cn1ccc(-c2coc3ccccc23)n1. The van der Waals surface area contributed by atoms with Crippen molar-refractivity contribution in [1.29, 1.82) is 0 Å². The number of aromatic nitrogens is 2. The highest BCUT2D eigenvalue weighted by atomic mass is 19.4. The monoisotopic (exact) mass is 266 g/mol. The molecule has 0 aliphatic rings. The first-order valence-electron chi connectivity index (χ1n) is 5.60.